The van der Waals surface area contributed by atoms with Crippen molar-refractivity contribution in [3.8, 4) is 0 Å². The number of benzene rings is 2. The van der Waals surface area contributed by atoms with Gasteiger partial charge in [-0.15, -0.1) is 0 Å². The van der Waals surface area contributed by atoms with Crippen molar-refractivity contribution < 1.29 is 9.59 Å². The summed E-state index contributed by atoms with van der Waals surface area (Å²) in [4.78, 5) is 25.0. The molecule has 0 unspecified atom stereocenters. The maximum Gasteiger partial charge on any atom is 0.240 e. The molecule has 0 saturated heterocycles. The summed E-state index contributed by atoms with van der Waals surface area (Å²) < 4.78 is 0. The van der Waals surface area contributed by atoms with Gasteiger partial charge < -0.3 is 10.6 Å². The molecule has 0 aromatic heterocycles. The summed E-state index contributed by atoms with van der Waals surface area (Å²) in [6.07, 6.45) is 1.07. The van der Waals surface area contributed by atoms with Gasteiger partial charge in [0.15, 0.2) is 0 Å². The number of carbonyl (C=O) groups excluding carboxylic acids is 2. The SMILES string of the molecule is O=C(NCc1ccc(Cl)cc1)C1(C(=O)Nc2ccccc2Cl)CC1. The Labute approximate surface area is 150 Å². The smallest absolute Gasteiger partial charge is 0.240 e. The Morgan fingerprint density at radius 2 is 1.62 bits per heavy atom. The quantitative estimate of drug-likeness (QED) is 0.788. The van der Waals surface area contributed by atoms with Gasteiger partial charge in [-0.1, -0.05) is 47.5 Å². The van der Waals surface area contributed by atoms with E-state index in [9.17, 15) is 9.59 Å². The molecule has 2 aromatic rings. The maximum absolute atomic E-state index is 12.5. The predicted molar refractivity (Wildman–Crippen MR) is 95.0 cm³/mol. The van der Waals surface area contributed by atoms with Crippen molar-refractivity contribution in [2.45, 2.75) is 19.4 Å². The van der Waals surface area contributed by atoms with Crippen LogP contribution in [0.25, 0.3) is 0 Å². The molecule has 2 amide bonds. The maximum atomic E-state index is 12.5. The predicted octanol–water partition coefficient (Wildman–Crippen LogP) is 4.03. The third-order valence-corrected chi connectivity index (χ3v) is 4.69. The van der Waals surface area contributed by atoms with E-state index in [-0.39, 0.29) is 11.8 Å². The molecule has 0 atom stereocenters. The number of nitrogens with one attached hydrogen (secondary N) is 2. The fourth-order valence-electron chi connectivity index (χ4n) is 2.44. The highest BCUT2D eigenvalue weighted by Gasteiger charge is 2.56. The van der Waals surface area contributed by atoms with Crippen molar-refractivity contribution in [3.05, 3.63) is 64.1 Å². The molecule has 1 fully saturated rings. The molecular weight excluding hydrogens is 347 g/mol. The number of hydrogen-bond donors (Lipinski definition) is 2. The van der Waals surface area contributed by atoms with Crippen LogP contribution in [0, 0.1) is 5.41 Å². The molecule has 1 aliphatic carbocycles. The lowest BCUT2D eigenvalue weighted by Crippen LogP contribution is -2.39. The van der Waals surface area contributed by atoms with E-state index in [0.29, 0.717) is 35.1 Å². The summed E-state index contributed by atoms with van der Waals surface area (Å²) >= 11 is 11.9. The second-order valence-electron chi connectivity index (χ2n) is 5.83. The Hall–Kier alpha value is -2.04. The number of para-hydroxylation sites is 1. The first-order chi connectivity index (χ1) is 11.5. The summed E-state index contributed by atoms with van der Waals surface area (Å²) in [5, 5.41) is 6.67. The molecule has 0 heterocycles. The lowest BCUT2D eigenvalue weighted by molar-refractivity contribution is -0.134. The zero-order valence-corrected chi connectivity index (χ0v) is 14.3. The molecule has 124 valence electrons. The van der Waals surface area contributed by atoms with Crippen LogP contribution in [-0.2, 0) is 16.1 Å². The lowest BCUT2D eigenvalue weighted by atomic mass is 10.0. The summed E-state index contributed by atoms with van der Waals surface area (Å²) in [5.74, 6) is -0.578. The summed E-state index contributed by atoms with van der Waals surface area (Å²) in [7, 11) is 0. The normalized spacial score (nSPS) is 14.8. The van der Waals surface area contributed by atoms with Crippen LogP contribution in [0.1, 0.15) is 18.4 Å². The van der Waals surface area contributed by atoms with Crippen molar-refractivity contribution in [1.82, 2.24) is 5.32 Å². The first kappa shape index (κ1) is 16.8. The molecule has 4 nitrogen and oxygen atoms in total. The van der Waals surface area contributed by atoms with E-state index in [0.717, 1.165) is 5.56 Å². The molecular formula is C18H16Cl2N2O2. The van der Waals surface area contributed by atoms with Gasteiger partial charge in [0, 0.05) is 11.6 Å². The standard InChI is InChI=1S/C18H16Cl2N2O2/c19-13-7-5-12(6-8-13)11-21-16(23)18(9-10-18)17(24)22-15-4-2-1-3-14(15)20/h1-8H,9-11H2,(H,21,23)(H,22,24). The Morgan fingerprint density at radius 1 is 0.958 bits per heavy atom. The molecule has 24 heavy (non-hydrogen) atoms. The van der Waals surface area contributed by atoms with Crippen molar-refractivity contribution in [3.63, 3.8) is 0 Å². The van der Waals surface area contributed by atoms with Gasteiger partial charge in [0.1, 0.15) is 5.41 Å². The number of hydrogen-bond acceptors (Lipinski definition) is 2. The van der Waals surface area contributed by atoms with Gasteiger partial charge in [0.05, 0.1) is 10.7 Å². The van der Waals surface area contributed by atoms with Gasteiger partial charge >= 0.3 is 0 Å². The fourth-order valence-corrected chi connectivity index (χ4v) is 2.75. The van der Waals surface area contributed by atoms with E-state index in [1.165, 1.54) is 0 Å². The number of carbonyl (C=O) groups is 2. The van der Waals surface area contributed by atoms with Gasteiger partial charge in [0.2, 0.25) is 11.8 Å². The Bertz CT molecular complexity index is 771. The molecule has 1 saturated carbocycles. The van der Waals surface area contributed by atoms with Crippen LogP contribution < -0.4 is 10.6 Å². The van der Waals surface area contributed by atoms with Crippen LogP contribution in [0.2, 0.25) is 10.0 Å². The fraction of sp³-hybridized carbons (Fsp3) is 0.222. The van der Waals surface area contributed by atoms with Crippen molar-refractivity contribution in [2.24, 2.45) is 5.41 Å². The van der Waals surface area contributed by atoms with Crippen molar-refractivity contribution in [1.29, 1.82) is 0 Å². The molecule has 0 spiro atoms. The average Bonchev–Trinajstić information content (AvgIpc) is 3.38. The summed E-state index contributed by atoms with van der Waals surface area (Å²) in [6.45, 7) is 0.358. The topological polar surface area (TPSA) is 58.2 Å². The van der Waals surface area contributed by atoms with Crippen LogP contribution in [0.15, 0.2) is 48.5 Å². The first-order valence-electron chi connectivity index (χ1n) is 7.60. The highest BCUT2D eigenvalue weighted by Crippen LogP contribution is 2.47. The van der Waals surface area contributed by atoms with E-state index in [2.05, 4.69) is 10.6 Å². The van der Waals surface area contributed by atoms with Crippen LogP contribution in [-0.4, -0.2) is 11.8 Å². The monoisotopic (exact) mass is 362 g/mol. The summed E-state index contributed by atoms with van der Waals surface area (Å²) in [5.41, 5.74) is 0.446. The van der Waals surface area contributed by atoms with Crippen LogP contribution in [0.5, 0.6) is 0 Å². The lowest BCUT2D eigenvalue weighted by Gasteiger charge is -2.16. The van der Waals surface area contributed by atoms with E-state index in [1.807, 2.05) is 12.1 Å². The second-order valence-corrected chi connectivity index (χ2v) is 6.67. The largest absolute Gasteiger partial charge is 0.351 e. The Kier molecular flexibility index (Phi) is 4.78. The molecule has 0 aliphatic heterocycles. The van der Waals surface area contributed by atoms with Gasteiger partial charge in [-0.05, 0) is 42.7 Å². The molecule has 2 N–H and O–H groups in total. The molecule has 0 radical (unpaired) electrons. The minimum Gasteiger partial charge on any atom is -0.351 e. The van der Waals surface area contributed by atoms with E-state index < -0.39 is 5.41 Å². The summed E-state index contributed by atoms with van der Waals surface area (Å²) in [6, 6.07) is 14.2. The number of amides is 2. The van der Waals surface area contributed by atoms with E-state index >= 15 is 0 Å². The van der Waals surface area contributed by atoms with E-state index in [4.69, 9.17) is 23.2 Å². The molecule has 6 heteroatoms. The van der Waals surface area contributed by atoms with Gasteiger partial charge in [-0.25, -0.2) is 0 Å². The highest BCUT2D eigenvalue weighted by atomic mass is 35.5. The molecule has 0 bridgehead atoms. The molecule has 1 aliphatic rings. The van der Waals surface area contributed by atoms with Crippen molar-refractivity contribution >= 4 is 40.7 Å². The number of rotatable bonds is 5. The Morgan fingerprint density at radius 3 is 2.25 bits per heavy atom. The van der Waals surface area contributed by atoms with E-state index in [1.54, 1.807) is 36.4 Å². The van der Waals surface area contributed by atoms with Gasteiger partial charge in [0.25, 0.3) is 0 Å². The molecule has 3 rings (SSSR count). The third-order valence-electron chi connectivity index (χ3n) is 4.11. The van der Waals surface area contributed by atoms with Gasteiger partial charge in [-0.2, -0.15) is 0 Å². The van der Waals surface area contributed by atoms with Crippen molar-refractivity contribution in [2.75, 3.05) is 5.32 Å². The van der Waals surface area contributed by atoms with Crippen LogP contribution >= 0.6 is 23.2 Å². The zero-order valence-electron chi connectivity index (χ0n) is 12.8. The minimum atomic E-state index is -0.994. The highest BCUT2D eigenvalue weighted by molar-refractivity contribution is 6.34. The number of anilines is 1. The number of halogens is 2. The minimum absolute atomic E-state index is 0.262. The first-order valence-corrected chi connectivity index (χ1v) is 8.36. The third kappa shape index (κ3) is 3.55. The van der Waals surface area contributed by atoms with Gasteiger partial charge in [-0.3, -0.25) is 9.59 Å². The zero-order chi connectivity index (χ0) is 17.2. The van der Waals surface area contributed by atoms with Crippen LogP contribution in [0.4, 0.5) is 5.69 Å². The average molecular weight is 363 g/mol. The van der Waals surface area contributed by atoms with Crippen LogP contribution in [0.3, 0.4) is 0 Å². The second kappa shape index (κ2) is 6.83. The molecule has 2 aromatic carbocycles. The Balaban J connectivity index is 1.62.